The molecule has 0 aliphatic rings. The summed E-state index contributed by atoms with van der Waals surface area (Å²) in [6, 6.07) is 12.7. The van der Waals surface area contributed by atoms with Gasteiger partial charge in [-0.15, -0.1) is 35.3 Å². The Morgan fingerprint density at radius 3 is 2.81 bits per heavy atom. The van der Waals surface area contributed by atoms with Crippen LogP contribution in [-0.2, 0) is 12.8 Å². The van der Waals surface area contributed by atoms with Crippen molar-refractivity contribution in [3.63, 3.8) is 0 Å². The number of aryl methyl sites for hydroxylation is 1. The predicted octanol–water partition coefficient (Wildman–Crippen LogP) is 4.58. The maximum atomic E-state index is 4.70. The Labute approximate surface area is 176 Å². The van der Waals surface area contributed by atoms with E-state index in [9.17, 15) is 0 Å². The van der Waals surface area contributed by atoms with Gasteiger partial charge in [-0.1, -0.05) is 24.3 Å². The Hall–Kier alpha value is -1.54. The minimum Gasteiger partial charge on any atom is -0.361 e. The van der Waals surface area contributed by atoms with Gasteiger partial charge in [0.2, 0.25) is 0 Å². The Kier molecular flexibility index (Phi) is 8.97. The van der Waals surface area contributed by atoms with Crippen molar-refractivity contribution in [1.82, 2.24) is 15.6 Å². The number of guanidine groups is 1. The van der Waals surface area contributed by atoms with E-state index in [1.165, 1.54) is 21.3 Å². The van der Waals surface area contributed by atoms with Gasteiger partial charge in [0.25, 0.3) is 0 Å². The van der Waals surface area contributed by atoms with Crippen LogP contribution in [0.3, 0.4) is 0 Å². The van der Waals surface area contributed by atoms with Crippen molar-refractivity contribution in [3.05, 3.63) is 58.4 Å². The molecule has 140 valence electrons. The Morgan fingerprint density at radius 1 is 1.12 bits per heavy atom. The molecule has 3 N–H and O–H groups in total. The van der Waals surface area contributed by atoms with Gasteiger partial charge >= 0.3 is 0 Å². The van der Waals surface area contributed by atoms with E-state index in [0.717, 1.165) is 44.9 Å². The lowest BCUT2D eigenvalue weighted by Gasteiger charge is -2.10. The molecule has 26 heavy (non-hydrogen) atoms. The molecule has 4 nitrogen and oxygen atoms in total. The van der Waals surface area contributed by atoms with Crippen LogP contribution in [0.1, 0.15) is 23.8 Å². The highest BCUT2D eigenvalue weighted by atomic mass is 127. The fourth-order valence-corrected chi connectivity index (χ4v) is 3.61. The molecule has 0 unspecified atom stereocenters. The van der Waals surface area contributed by atoms with Gasteiger partial charge < -0.3 is 15.6 Å². The summed E-state index contributed by atoms with van der Waals surface area (Å²) in [5, 5.41) is 10.2. The zero-order chi connectivity index (χ0) is 17.3. The number of aromatic amines is 1. The van der Waals surface area contributed by atoms with Crippen LogP contribution in [0, 0.1) is 0 Å². The molecule has 0 amide bonds. The molecule has 0 spiro atoms. The van der Waals surface area contributed by atoms with E-state index in [-0.39, 0.29) is 24.0 Å². The van der Waals surface area contributed by atoms with Crippen LogP contribution in [-0.4, -0.2) is 30.6 Å². The van der Waals surface area contributed by atoms with Gasteiger partial charge in [-0.05, 0) is 49.3 Å². The summed E-state index contributed by atoms with van der Waals surface area (Å²) in [7, 11) is 0. The smallest absolute Gasteiger partial charge is 0.191 e. The third-order valence-corrected chi connectivity index (χ3v) is 5.07. The third kappa shape index (κ3) is 6.02. The molecule has 0 bridgehead atoms. The van der Waals surface area contributed by atoms with Gasteiger partial charge in [0.15, 0.2) is 5.96 Å². The number of nitrogens with zero attached hydrogens (tertiary/aromatic N) is 1. The highest BCUT2D eigenvalue weighted by Gasteiger charge is 2.03. The molecule has 0 fully saturated rings. The minimum absolute atomic E-state index is 0. The molecule has 1 aromatic carbocycles. The van der Waals surface area contributed by atoms with E-state index in [1.54, 1.807) is 11.3 Å². The van der Waals surface area contributed by atoms with Gasteiger partial charge in [0, 0.05) is 41.6 Å². The highest BCUT2D eigenvalue weighted by molar-refractivity contribution is 14.0. The van der Waals surface area contributed by atoms with E-state index in [2.05, 4.69) is 70.5 Å². The standard InChI is InChI=1S/C20H26N4S.HI/c1-2-21-20(23-13-11-17-8-6-14-25-17)22-12-5-7-16-15-24-19-10-4-3-9-18(16)19;/h3-4,6,8-10,14-15,24H,2,5,7,11-13H2,1H3,(H2,21,22,23);1H. The van der Waals surface area contributed by atoms with Gasteiger partial charge in [-0.25, -0.2) is 0 Å². The molecule has 6 heteroatoms. The number of rotatable bonds is 8. The summed E-state index contributed by atoms with van der Waals surface area (Å²) in [5.74, 6) is 0.915. The van der Waals surface area contributed by atoms with Crippen LogP contribution in [0.4, 0.5) is 0 Å². The number of thiophene rings is 1. The maximum Gasteiger partial charge on any atom is 0.191 e. The Balaban J connectivity index is 0.00000243. The second kappa shape index (κ2) is 11.2. The number of H-pyrrole nitrogens is 1. The van der Waals surface area contributed by atoms with Gasteiger partial charge in [0.05, 0.1) is 0 Å². The third-order valence-electron chi connectivity index (χ3n) is 4.14. The van der Waals surface area contributed by atoms with Crippen LogP contribution in [0.25, 0.3) is 10.9 Å². The molecule has 0 radical (unpaired) electrons. The van der Waals surface area contributed by atoms with E-state index in [0.29, 0.717) is 0 Å². The topological polar surface area (TPSA) is 52.2 Å². The molecule has 2 aromatic heterocycles. The van der Waals surface area contributed by atoms with E-state index in [4.69, 9.17) is 4.99 Å². The average molecular weight is 482 g/mol. The fourth-order valence-electron chi connectivity index (χ4n) is 2.90. The Bertz CT molecular complexity index is 795. The first-order valence-electron chi connectivity index (χ1n) is 8.96. The van der Waals surface area contributed by atoms with Gasteiger partial charge in [-0.2, -0.15) is 0 Å². The van der Waals surface area contributed by atoms with Crippen molar-refractivity contribution in [3.8, 4) is 0 Å². The van der Waals surface area contributed by atoms with Crippen LogP contribution in [0.5, 0.6) is 0 Å². The number of hydrogen-bond donors (Lipinski definition) is 3. The van der Waals surface area contributed by atoms with Crippen molar-refractivity contribution < 1.29 is 0 Å². The van der Waals surface area contributed by atoms with Crippen molar-refractivity contribution in [2.45, 2.75) is 26.2 Å². The number of halogens is 1. The van der Waals surface area contributed by atoms with Crippen LogP contribution >= 0.6 is 35.3 Å². The maximum absolute atomic E-state index is 4.70. The number of aromatic nitrogens is 1. The Morgan fingerprint density at radius 2 is 2.00 bits per heavy atom. The largest absolute Gasteiger partial charge is 0.361 e. The molecule has 0 saturated carbocycles. The lowest BCUT2D eigenvalue weighted by Crippen LogP contribution is -2.38. The van der Waals surface area contributed by atoms with Crippen LogP contribution in [0.15, 0.2) is 53.0 Å². The zero-order valence-corrected chi connectivity index (χ0v) is 18.3. The van der Waals surface area contributed by atoms with E-state index < -0.39 is 0 Å². The summed E-state index contributed by atoms with van der Waals surface area (Å²) < 4.78 is 0. The molecule has 0 aliphatic carbocycles. The average Bonchev–Trinajstić information content (AvgIpc) is 3.28. The van der Waals surface area contributed by atoms with E-state index >= 15 is 0 Å². The first kappa shape index (κ1) is 20.8. The first-order valence-corrected chi connectivity index (χ1v) is 9.84. The summed E-state index contributed by atoms with van der Waals surface area (Å²) in [5.41, 5.74) is 2.59. The number of para-hydroxylation sites is 1. The van der Waals surface area contributed by atoms with Crippen LogP contribution < -0.4 is 10.6 Å². The molecule has 0 atom stereocenters. The predicted molar refractivity (Wildman–Crippen MR) is 124 cm³/mol. The summed E-state index contributed by atoms with van der Waals surface area (Å²) in [6.07, 6.45) is 5.25. The number of hydrogen-bond acceptors (Lipinski definition) is 2. The van der Waals surface area contributed by atoms with Gasteiger partial charge in [-0.3, -0.25) is 4.99 Å². The van der Waals surface area contributed by atoms with Crippen molar-refractivity contribution in [2.24, 2.45) is 4.99 Å². The molecular formula is C20H27IN4S. The molecule has 3 aromatic rings. The van der Waals surface area contributed by atoms with Crippen molar-refractivity contribution in [2.75, 3.05) is 19.6 Å². The van der Waals surface area contributed by atoms with E-state index in [1.807, 2.05) is 0 Å². The van der Waals surface area contributed by atoms with Crippen LogP contribution in [0.2, 0.25) is 0 Å². The summed E-state index contributed by atoms with van der Waals surface area (Å²) in [6.45, 7) is 4.72. The number of benzene rings is 1. The van der Waals surface area contributed by atoms with Gasteiger partial charge in [0.1, 0.15) is 0 Å². The minimum atomic E-state index is 0. The van der Waals surface area contributed by atoms with Crippen molar-refractivity contribution in [1.29, 1.82) is 0 Å². The lowest BCUT2D eigenvalue weighted by molar-refractivity contribution is 0.781. The highest BCUT2D eigenvalue weighted by Crippen LogP contribution is 2.18. The normalized spacial score (nSPS) is 11.3. The second-order valence-corrected chi connectivity index (χ2v) is 7.01. The zero-order valence-electron chi connectivity index (χ0n) is 15.1. The number of fused-ring (bicyclic) bond motifs is 1. The summed E-state index contributed by atoms with van der Waals surface area (Å²) >= 11 is 1.81. The molecular weight excluding hydrogens is 455 g/mol. The number of nitrogens with one attached hydrogen (secondary N) is 3. The monoisotopic (exact) mass is 482 g/mol. The second-order valence-electron chi connectivity index (χ2n) is 5.98. The lowest BCUT2D eigenvalue weighted by atomic mass is 10.1. The summed E-state index contributed by atoms with van der Waals surface area (Å²) in [4.78, 5) is 9.44. The molecule has 0 saturated heterocycles. The quantitative estimate of drug-likeness (QED) is 0.191. The SMILES string of the molecule is CCNC(=NCCCc1c[nH]c2ccccc12)NCCc1cccs1.I. The first-order chi connectivity index (χ1) is 12.4. The number of aliphatic imine (C=N–C) groups is 1. The molecule has 3 rings (SSSR count). The van der Waals surface area contributed by atoms with Crippen molar-refractivity contribution >= 4 is 52.2 Å². The molecule has 2 heterocycles. The molecule has 0 aliphatic heterocycles. The fraction of sp³-hybridized carbons (Fsp3) is 0.350.